The SMILES string of the molecule is NC(=O)C[C@H]1N[C@@]2(C(=O)Nc3ccc(F)cc32)[C@@H]2C(=O)N(CCc3ccccc3)C(=O)[C@@H]21. The van der Waals surface area contributed by atoms with Crippen LogP contribution in [0.3, 0.4) is 0 Å². The largest absolute Gasteiger partial charge is 0.370 e. The first-order valence-corrected chi connectivity index (χ1v) is 10.4. The van der Waals surface area contributed by atoms with Crippen molar-refractivity contribution in [3.63, 3.8) is 0 Å². The highest BCUT2D eigenvalue weighted by Gasteiger charge is 2.70. The average molecular weight is 436 g/mol. The third-order valence-corrected chi connectivity index (χ3v) is 6.66. The Kier molecular flexibility index (Phi) is 4.59. The molecule has 2 aromatic rings. The summed E-state index contributed by atoms with van der Waals surface area (Å²) < 4.78 is 14.1. The molecular weight excluding hydrogens is 415 g/mol. The van der Waals surface area contributed by atoms with Crippen molar-refractivity contribution in [1.82, 2.24) is 10.2 Å². The van der Waals surface area contributed by atoms with E-state index >= 15 is 0 Å². The first kappa shape index (κ1) is 20.3. The minimum Gasteiger partial charge on any atom is -0.370 e. The summed E-state index contributed by atoms with van der Waals surface area (Å²) in [6.45, 7) is 0.145. The normalized spacial score (nSPS) is 28.2. The maximum Gasteiger partial charge on any atom is 0.250 e. The number of amides is 4. The van der Waals surface area contributed by atoms with Gasteiger partial charge in [-0.25, -0.2) is 4.39 Å². The fraction of sp³-hybridized carbons (Fsp3) is 0.304. The van der Waals surface area contributed by atoms with E-state index in [1.54, 1.807) is 0 Å². The highest BCUT2D eigenvalue weighted by atomic mass is 19.1. The quantitative estimate of drug-likeness (QED) is 0.595. The van der Waals surface area contributed by atoms with Gasteiger partial charge in [-0.1, -0.05) is 30.3 Å². The second-order valence-corrected chi connectivity index (χ2v) is 8.44. The topological polar surface area (TPSA) is 122 Å². The number of hydrogen-bond donors (Lipinski definition) is 3. The first-order chi connectivity index (χ1) is 15.3. The number of hydrogen-bond acceptors (Lipinski definition) is 5. The molecule has 9 heteroatoms. The molecule has 4 amide bonds. The van der Waals surface area contributed by atoms with Crippen LogP contribution < -0.4 is 16.4 Å². The summed E-state index contributed by atoms with van der Waals surface area (Å²) in [5.41, 5.74) is 5.34. The zero-order valence-electron chi connectivity index (χ0n) is 17.0. The summed E-state index contributed by atoms with van der Waals surface area (Å²) >= 11 is 0. The Morgan fingerprint density at radius 1 is 1.09 bits per heavy atom. The van der Waals surface area contributed by atoms with Crippen molar-refractivity contribution in [3.05, 3.63) is 65.5 Å². The van der Waals surface area contributed by atoms with Crippen molar-refractivity contribution >= 4 is 29.3 Å². The van der Waals surface area contributed by atoms with E-state index in [4.69, 9.17) is 5.73 Å². The van der Waals surface area contributed by atoms with Gasteiger partial charge in [-0.2, -0.15) is 0 Å². The molecule has 0 radical (unpaired) electrons. The van der Waals surface area contributed by atoms with Crippen molar-refractivity contribution in [2.24, 2.45) is 17.6 Å². The number of halogens is 1. The molecule has 164 valence electrons. The third kappa shape index (κ3) is 2.85. The molecule has 0 aromatic heterocycles. The summed E-state index contributed by atoms with van der Waals surface area (Å²) in [6, 6.07) is 12.4. The summed E-state index contributed by atoms with van der Waals surface area (Å²) in [4.78, 5) is 52.9. The summed E-state index contributed by atoms with van der Waals surface area (Å²) in [7, 11) is 0. The van der Waals surface area contributed by atoms with E-state index in [9.17, 15) is 23.6 Å². The summed E-state index contributed by atoms with van der Waals surface area (Å²) in [5, 5.41) is 5.73. The van der Waals surface area contributed by atoms with Crippen LogP contribution in [0.4, 0.5) is 10.1 Å². The number of benzene rings is 2. The van der Waals surface area contributed by atoms with Crippen LogP contribution in [-0.4, -0.2) is 41.1 Å². The Bertz CT molecular complexity index is 1150. The van der Waals surface area contributed by atoms with Crippen LogP contribution >= 0.6 is 0 Å². The van der Waals surface area contributed by atoms with E-state index < -0.39 is 52.9 Å². The van der Waals surface area contributed by atoms with Crippen molar-refractivity contribution in [2.75, 3.05) is 11.9 Å². The first-order valence-electron chi connectivity index (χ1n) is 10.4. The number of carbonyl (C=O) groups excluding carboxylic acids is 4. The molecule has 0 unspecified atom stereocenters. The van der Waals surface area contributed by atoms with Crippen LogP contribution in [0, 0.1) is 17.7 Å². The molecule has 2 fully saturated rings. The molecule has 2 aromatic carbocycles. The van der Waals surface area contributed by atoms with Gasteiger partial charge in [0.25, 0.3) is 0 Å². The van der Waals surface area contributed by atoms with Gasteiger partial charge in [-0.3, -0.25) is 29.4 Å². The Labute approximate surface area is 182 Å². The Hall–Kier alpha value is -3.59. The number of nitrogens with one attached hydrogen (secondary N) is 2. The zero-order valence-corrected chi connectivity index (χ0v) is 17.0. The van der Waals surface area contributed by atoms with E-state index in [1.165, 1.54) is 18.2 Å². The summed E-state index contributed by atoms with van der Waals surface area (Å²) in [6.07, 6.45) is 0.225. The molecule has 3 heterocycles. The van der Waals surface area contributed by atoms with Crippen molar-refractivity contribution in [3.8, 4) is 0 Å². The number of carbonyl (C=O) groups is 4. The van der Waals surface area contributed by atoms with Gasteiger partial charge in [0.05, 0.1) is 11.8 Å². The Morgan fingerprint density at radius 3 is 2.56 bits per heavy atom. The van der Waals surface area contributed by atoms with E-state index in [1.807, 2.05) is 30.3 Å². The number of imide groups is 1. The molecule has 0 bridgehead atoms. The fourth-order valence-corrected chi connectivity index (χ4v) is 5.33. The minimum atomic E-state index is -1.64. The molecule has 4 atom stereocenters. The van der Waals surface area contributed by atoms with Gasteiger partial charge < -0.3 is 11.1 Å². The van der Waals surface area contributed by atoms with Crippen LogP contribution in [0.1, 0.15) is 17.5 Å². The molecule has 1 spiro atoms. The lowest BCUT2D eigenvalue weighted by Crippen LogP contribution is -2.53. The predicted molar refractivity (Wildman–Crippen MR) is 111 cm³/mol. The second kappa shape index (κ2) is 7.23. The zero-order chi connectivity index (χ0) is 22.6. The molecule has 4 N–H and O–H groups in total. The van der Waals surface area contributed by atoms with Crippen molar-refractivity contribution in [2.45, 2.75) is 24.4 Å². The van der Waals surface area contributed by atoms with Crippen LogP contribution in [0.25, 0.3) is 0 Å². The third-order valence-electron chi connectivity index (χ3n) is 6.66. The standard InChI is InChI=1S/C23H21FN4O4/c24-13-6-7-15-14(10-13)23(22(32)26-15)19-18(16(27-23)11-17(25)29)20(30)28(21(19)31)9-8-12-4-2-1-3-5-12/h1-7,10,16,18-19,27H,8-9,11H2,(H2,25,29)(H,26,32)/t16-,18-,19+,23-/m1/s1. The molecule has 8 nitrogen and oxygen atoms in total. The van der Waals surface area contributed by atoms with Gasteiger partial charge in [0.15, 0.2) is 0 Å². The van der Waals surface area contributed by atoms with E-state index in [0.717, 1.165) is 10.5 Å². The smallest absolute Gasteiger partial charge is 0.250 e. The van der Waals surface area contributed by atoms with Crippen molar-refractivity contribution in [1.29, 1.82) is 0 Å². The maximum absolute atomic E-state index is 14.1. The molecule has 0 saturated carbocycles. The number of fused-ring (bicyclic) bond motifs is 4. The van der Waals surface area contributed by atoms with Gasteiger partial charge in [0.1, 0.15) is 11.4 Å². The number of likely N-dealkylation sites (tertiary alicyclic amines) is 1. The number of primary amides is 1. The van der Waals surface area contributed by atoms with Gasteiger partial charge >= 0.3 is 0 Å². The minimum absolute atomic E-state index is 0.145. The number of anilines is 1. The molecule has 3 aliphatic rings. The van der Waals surface area contributed by atoms with Crippen LogP contribution in [0.2, 0.25) is 0 Å². The van der Waals surface area contributed by atoms with Crippen LogP contribution in [-0.2, 0) is 31.1 Å². The highest BCUT2D eigenvalue weighted by Crippen LogP contribution is 2.53. The molecule has 32 heavy (non-hydrogen) atoms. The second-order valence-electron chi connectivity index (χ2n) is 8.44. The lowest BCUT2D eigenvalue weighted by Gasteiger charge is -2.29. The Morgan fingerprint density at radius 2 is 1.84 bits per heavy atom. The number of rotatable bonds is 5. The molecule has 3 aliphatic heterocycles. The van der Waals surface area contributed by atoms with Gasteiger partial charge in [-0.05, 0) is 30.2 Å². The van der Waals surface area contributed by atoms with Gasteiger partial charge in [0, 0.05) is 30.3 Å². The van der Waals surface area contributed by atoms with Crippen LogP contribution in [0.15, 0.2) is 48.5 Å². The van der Waals surface area contributed by atoms with Gasteiger partial charge in [-0.15, -0.1) is 0 Å². The molecule has 0 aliphatic carbocycles. The van der Waals surface area contributed by atoms with E-state index in [2.05, 4.69) is 10.6 Å². The lowest BCUT2D eigenvalue weighted by molar-refractivity contribution is -0.142. The molecule has 5 rings (SSSR count). The van der Waals surface area contributed by atoms with E-state index in [0.29, 0.717) is 12.1 Å². The molecular formula is C23H21FN4O4. The number of nitrogens with zero attached hydrogens (tertiary/aromatic N) is 1. The monoisotopic (exact) mass is 436 g/mol. The highest BCUT2D eigenvalue weighted by molar-refractivity contribution is 6.15. The van der Waals surface area contributed by atoms with Gasteiger partial charge in [0.2, 0.25) is 23.6 Å². The average Bonchev–Trinajstić information content (AvgIpc) is 3.32. The molecule has 2 saturated heterocycles. The lowest BCUT2D eigenvalue weighted by atomic mass is 9.76. The fourth-order valence-electron chi connectivity index (χ4n) is 5.33. The number of nitrogens with two attached hydrogens (primary N) is 1. The predicted octanol–water partition coefficient (Wildman–Crippen LogP) is 0.664. The van der Waals surface area contributed by atoms with Crippen LogP contribution in [0.5, 0.6) is 0 Å². The van der Waals surface area contributed by atoms with Crippen molar-refractivity contribution < 1.29 is 23.6 Å². The summed E-state index contributed by atoms with van der Waals surface area (Å²) in [5.74, 6) is -4.81. The van der Waals surface area contributed by atoms with E-state index in [-0.39, 0.29) is 18.5 Å². The Balaban J connectivity index is 1.55. The maximum atomic E-state index is 14.1.